The molecule has 0 aliphatic heterocycles. The van der Waals surface area contributed by atoms with Gasteiger partial charge in [0.05, 0.1) is 14.2 Å². The summed E-state index contributed by atoms with van der Waals surface area (Å²) in [6.07, 6.45) is 12.9. The second-order valence-corrected chi connectivity index (χ2v) is 8.53. The van der Waals surface area contributed by atoms with E-state index in [0.717, 1.165) is 11.5 Å². The van der Waals surface area contributed by atoms with E-state index in [1.165, 1.54) is 86.5 Å². The lowest BCUT2D eigenvalue weighted by Crippen LogP contribution is -2.25. The van der Waals surface area contributed by atoms with Crippen molar-refractivity contribution in [2.24, 2.45) is 0 Å². The number of hydrogen-bond acceptors (Lipinski definition) is 2. The molecule has 0 amide bonds. The summed E-state index contributed by atoms with van der Waals surface area (Å²) in [5, 5.41) is 0. The highest BCUT2D eigenvalue weighted by atomic mass is 16.5. The Kier molecular flexibility index (Phi) is 7.64. The van der Waals surface area contributed by atoms with Crippen LogP contribution in [-0.2, 0) is 5.41 Å². The fraction of sp³-hybridized carbons (Fsp3) is 0.556. The zero-order chi connectivity index (χ0) is 20.7. The van der Waals surface area contributed by atoms with Gasteiger partial charge in [-0.2, -0.15) is 0 Å². The predicted octanol–water partition coefficient (Wildman–Crippen LogP) is 7.91. The van der Waals surface area contributed by atoms with Crippen LogP contribution in [-0.4, -0.2) is 14.2 Å². The van der Waals surface area contributed by atoms with Crippen molar-refractivity contribution in [1.82, 2.24) is 0 Å². The van der Waals surface area contributed by atoms with Crippen molar-refractivity contribution >= 4 is 0 Å². The zero-order valence-electron chi connectivity index (χ0n) is 18.9. The molecule has 0 bridgehead atoms. The molecule has 1 aliphatic carbocycles. The van der Waals surface area contributed by atoms with Gasteiger partial charge in [0, 0.05) is 5.41 Å². The Morgan fingerprint density at radius 3 is 1.45 bits per heavy atom. The third-order valence-electron chi connectivity index (χ3n) is 6.69. The van der Waals surface area contributed by atoms with Crippen molar-refractivity contribution in [1.29, 1.82) is 0 Å². The average Bonchev–Trinajstić information content (AvgIpc) is 3.03. The van der Waals surface area contributed by atoms with Crippen LogP contribution in [0.25, 0.3) is 11.1 Å². The molecule has 0 radical (unpaired) electrons. The maximum Gasteiger partial charge on any atom is 0.119 e. The number of ether oxygens (including phenoxy) is 2. The largest absolute Gasteiger partial charge is 0.497 e. The summed E-state index contributed by atoms with van der Waals surface area (Å²) in [5.74, 6) is 1.87. The van der Waals surface area contributed by atoms with Gasteiger partial charge in [-0.3, -0.25) is 0 Å². The molecule has 2 heteroatoms. The Balaban J connectivity index is 2.05. The molecule has 158 valence electrons. The Labute approximate surface area is 177 Å². The summed E-state index contributed by atoms with van der Waals surface area (Å²) < 4.78 is 11.1. The Morgan fingerprint density at radius 1 is 0.621 bits per heavy atom. The molecule has 2 aromatic rings. The Morgan fingerprint density at radius 2 is 1.07 bits per heavy atom. The molecular weight excluding hydrogens is 356 g/mol. The third-order valence-corrected chi connectivity index (χ3v) is 6.69. The van der Waals surface area contributed by atoms with Gasteiger partial charge in [0.2, 0.25) is 0 Å². The summed E-state index contributed by atoms with van der Waals surface area (Å²) >= 11 is 0. The van der Waals surface area contributed by atoms with E-state index in [2.05, 4.69) is 50.2 Å². The van der Waals surface area contributed by atoms with E-state index >= 15 is 0 Å². The molecule has 2 aromatic carbocycles. The monoisotopic (exact) mass is 394 g/mol. The van der Waals surface area contributed by atoms with Crippen LogP contribution in [0.15, 0.2) is 36.4 Å². The number of unbranched alkanes of at least 4 members (excludes halogenated alkanes) is 6. The third kappa shape index (κ3) is 4.47. The van der Waals surface area contributed by atoms with Crippen molar-refractivity contribution in [3.8, 4) is 22.6 Å². The first kappa shape index (κ1) is 21.7. The molecule has 0 saturated carbocycles. The van der Waals surface area contributed by atoms with E-state index in [9.17, 15) is 0 Å². The number of rotatable bonds is 12. The lowest BCUT2D eigenvalue weighted by atomic mass is 9.70. The fourth-order valence-corrected chi connectivity index (χ4v) is 5.10. The Bertz CT molecular complexity index is 726. The quantitative estimate of drug-likeness (QED) is 0.340. The Hall–Kier alpha value is -1.96. The van der Waals surface area contributed by atoms with E-state index in [1.807, 2.05) is 0 Å². The van der Waals surface area contributed by atoms with Gasteiger partial charge in [-0.25, -0.2) is 0 Å². The topological polar surface area (TPSA) is 18.5 Å². The van der Waals surface area contributed by atoms with Crippen LogP contribution < -0.4 is 9.47 Å². The predicted molar refractivity (Wildman–Crippen MR) is 123 cm³/mol. The first-order chi connectivity index (χ1) is 14.2. The molecule has 0 atom stereocenters. The van der Waals surface area contributed by atoms with Crippen molar-refractivity contribution in [3.63, 3.8) is 0 Å². The highest BCUT2D eigenvalue weighted by Gasteiger charge is 2.42. The number of methoxy groups -OCH3 is 2. The second-order valence-electron chi connectivity index (χ2n) is 8.53. The van der Waals surface area contributed by atoms with Crippen LogP contribution in [0.1, 0.15) is 89.2 Å². The molecule has 0 unspecified atom stereocenters. The number of hydrogen-bond donors (Lipinski definition) is 0. The molecule has 1 aliphatic rings. The minimum atomic E-state index is 0.130. The SMILES string of the molecule is CCCCCCC1(CCCCCC)c2ccc(OC)cc2-c2cc(OC)ccc21. The second kappa shape index (κ2) is 10.2. The van der Waals surface area contributed by atoms with Crippen LogP contribution in [0.5, 0.6) is 11.5 Å². The molecule has 0 saturated heterocycles. The number of fused-ring (bicyclic) bond motifs is 3. The van der Waals surface area contributed by atoms with Gasteiger partial charge in [-0.15, -0.1) is 0 Å². The van der Waals surface area contributed by atoms with Crippen LogP contribution in [0, 0.1) is 0 Å². The first-order valence-electron chi connectivity index (χ1n) is 11.6. The molecule has 0 N–H and O–H groups in total. The molecule has 0 fully saturated rings. The molecule has 0 heterocycles. The van der Waals surface area contributed by atoms with Gasteiger partial charge in [0.25, 0.3) is 0 Å². The summed E-state index contributed by atoms with van der Waals surface area (Å²) in [7, 11) is 3.51. The van der Waals surface area contributed by atoms with Gasteiger partial charge in [-0.1, -0.05) is 77.3 Å². The van der Waals surface area contributed by atoms with E-state index in [0.29, 0.717) is 0 Å². The van der Waals surface area contributed by atoms with Gasteiger partial charge in [0.1, 0.15) is 11.5 Å². The lowest BCUT2D eigenvalue weighted by Gasteiger charge is -2.33. The van der Waals surface area contributed by atoms with Crippen molar-refractivity contribution < 1.29 is 9.47 Å². The maximum absolute atomic E-state index is 5.57. The lowest BCUT2D eigenvalue weighted by molar-refractivity contribution is 0.396. The average molecular weight is 395 g/mol. The minimum absolute atomic E-state index is 0.130. The van der Waals surface area contributed by atoms with E-state index in [1.54, 1.807) is 14.2 Å². The first-order valence-corrected chi connectivity index (χ1v) is 11.6. The molecular formula is C27H38O2. The molecule has 3 rings (SSSR count). The van der Waals surface area contributed by atoms with E-state index in [-0.39, 0.29) is 5.41 Å². The van der Waals surface area contributed by atoms with Gasteiger partial charge in [-0.05, 0) is 59.4 Å². The van der Waals surface area contributed by atoms with Crippen molar-refractivity contribution in [2.45, 2.75) is 83.5 Å². The maximum atomic E-state index is 5.57. The van der Waals surface area contributed by atoms with Crippen LogP contribution in [0.3, 0.4) is 0 Å². The number of benzene rings is 2. The van der Waals surface area contributed by atoms with Crippen LogP contribution in [0.4, 0.5) is 0 Å². The van der Waals surface area contributed by atoms with Gasteiger partial charge >= 0.3 is 0 Å². The van der Waals surface area contributed by atoms with Crippen LogP contribution >= 0.6 is 0 Å². The van der Waals surface area contributed by atoms with E-state index in [4.69, 9.17) is 9.47 Å². The van der Waals surface area contributed by atoms with Crippen molar-refractivity contribution in [3.05, 3.63) is 47.5 Å². The standard InChI is InChI=1S/C27H38O2/c1-5-7-9-11-17-27(18-12-10-8-6-2)25-15-13-21(28-3)19-23(25)24-20-22(29-4)14-16-26(24)27/h13-16,19-20H,5-12,17-18H2,1-4H3. The summed E-state index contributed by atoms with van der Waals surface area (Å²) in [5.41, 5.74) is 5.79. The minimum Gasteiger partial charge on any atom is -0.497 e. The van der Waals surface area contributed by atoms with Gasteiger partial charge < -0.3 is 9.47 Å². The highest BCUT2D eigenvalue weighted by Crippen LogP contribution is 2.55. The molecule has 2 nitrogen and oxygen atoms in total. The summed E-state index contributed by atoms with van der Waals surface area (Å²) in [6, 6.07) is 13.4. The highest BCUT2D eigenvalue weighted by molar-refractivity contribution is 5.83. The van der Waals surface area contributed by atoms with E-state index < -0.39 is 0 Å². The molecule has 0 aromatic heterocycles. The molecule has 0 spiro atoms. The van der Waals surface area contributed by atoms with Gasteiger partial charge in [0.15, 0.2) is 0 Å². The molecule has 29 heavy (non-hydrogen) atoms. The fourth-order valence-electron chi connectivity index (χ4n) is 5.10. The van der Waals surface area contributed by atoms with Crippen molar-refractivity contribution in [2.75, 3.05) is 14.2 Å². The smallest absolute Gasteiger partial charge is 0.119 e. The zero-order valence-corrected chi connectivity index (χ0v) is 18.9. The summed E-state index contributed by atoms with van der Waals surface area (Å²) in [4.78, 5) is 0. The normalized spacial score (nSPS) is 13.8. The van der Waals surface area contributed by atoms with Crippen LogP contribution in [0.2, 0.25) is 0 Å². The summed E-state index contributed by atoms with van der Waals surface area (Å²) in [6.45, 7) is 4.58.